The van der Waals surface area contributed by atoms with Crippen molar-refractivity contribution < 1.29 is 0 Å². The first-order valence-electron chi connectivity index (χ1n) is 12.1. The second-order valence-corrected chi connectivity index (χ2v) is 9.35. The fourth-order valence-corrected chi connectivity index (χ4v) is 4.75. The van der Waals surface area contributed by atoms with Crippen molar-refractivity contribution in [2.45, 2.75) is 91.3 Å². The summed E-state index contributed by atoms with van der Waals surface area (Å²) in [4.78, 5) is 2.63. The highest BCUT2D eigenvalue weighted by Crippen LogP contribution is 2.32. The van der Waals surface area contributed by atoms with E-state index >= 15 is 0 Å². The van der Waals surface area contributed by atoms with Gasteiger partial charge in [-0.15, -0.1) is 0 Å². The van der Waals surface area contributed by atoms with Gasteiger partial charge in [0.15, 0.2) is 0 Å². The first-order chi connectivity index (χ1) is 13.8. The predicted octanol–water partition coefficient (Wildman–Crippen LogP) is 4.88. The van der Waals surface area contributed by atoms with Crippen LogP contribution in [0, 0.1) is 17.8 Å². The normalized spacial score (nSPS) is 21.9. The lowest BCUT2D eigenvalue weighted by atomic mass is 9.80. The molecule has 0 heterocycles. The summed E-state index contributed by atoms with van der Waals surface area (Å²) in [6.07, 6.45) is 10.0. The molecule has 29 heavy (non-hydrogen) atoms. The lowest BCUT2D eigenvalue weighted by Gasteiger charge is -2.38. The topological polar surface area (TPSA) is 53.3 Å². The second-order valence-electron chi connectivity index (χ2n) is 9.35. The first-order valence-corrected chi connectivity index (χ1v) is 12.1. The quantitative estimate of drug-likeness (QED) is 0.206. The maximum atomic E-state index is 6.14. The Labute approximate surface area is 181 Å². The van der Waals surface area contributed by atoms with Gasteiger partial charge in [-0.2, -0.15) is 0 Å². The van der Waals surface area contributed by atoms with E-state index in [9.17, 15) is 0 Å². The average molecular weight is 407 g/mol. The third-order valence-corrected chi connectivity index (χ3v) is 6.83. The number of nitrogens with two attached hydrogens (primary N) is 1. The van der Waals surface area contributed by atoms with Gasteiger partial charge in [-0.3, -0.25) is 4.90 Å². The van der Waals surface area contributed by atoms with Crippen LogP contribution in [-0.2, 0) is 0 Å². The fraction of sp³-hybridized carbons (Fsp3) is 0.840. The molecule has 0 aromatic rings. The minimum atomic E-state index is 0.166. The highest BCUT2D eigenvalue weighted by molar-refractivity contribution is 5.03. The van der Waals surface area contributed by atoms with Gasteiger partial charge >= 0.3 is 0 Å². The Kier molecular flexibility index (Phi) is 12.8. The zero-order chi connectivity index (χ0) is 21.8. The summed E-state index contributed by atoms with van der Waals surface area (Å²) >= 11 is 0. The van der Waals surface area contributed by atoms with Crippen molar-refractivity contribution in [3.63, 3.8) is 0 Å². The van der Waals surface area contributed by atoms with E-state index in [-0.39, 0.29) is 6.04 Å². The minimum Gasteiger partial charge on any atom is -0.389 e. The largest absolute Gasteiger partial charge is 0.389 e. The molecule has 1 rings (SSSR count). The SMILES string of the molecule is C=C(CC)C(N)CCCCNC(=C)C1CCC(CN(CC)C(NC)C(C)C)CC1. The van der Waals surface area contributed by atoms with E-state index < -0.39 is 0 Å². The number of hydrogen-bond donors (Lipinski definition) is 3. The highest BCUT2D eigenvalue weighted by Gasteiger charge is 2.27. The van der Waals surface area contributed by atoms with Crippen LogP contribution in [0.15, 0.2) is 24.4 Å². The van der Waals surface area contributed by atoms with Crippen LogP contribution in [0.25, 0.3) is 0 Å². The molecule has 0 aromatic heterocycles. The Morgan fingerprint density at radius 2 is 1.76 bits per heavy atom. The molecule has 0 aromatic carbocycles. The summed E-state index contributed by atoms with van der Waals surface area (Å²) in [6.45, 7) is 20.8. The van der Waals surface area contributed by atoms with E-state index in [2.05, 4.69) is 63.4 Å². The lowest BCUT2D eigenvalue weighted by Crippen LogP contribution is -2.49. The molecule has 4 nitrogen and oxygen atoms in total. The molecule has 0 spiro atoms. The van der Waals surface area contributed by atoms with Gasteiger partial charge in [-0.1, -0.05) is 46.4 Å². The van der Waals surface area contributed by atoms with Crippen LogP contribution in [0.3, 0.4) is 0 Å². The van der Waals surface area contributed by atoms with Crippen molar-refractivity contribution in [3.8, 4) is 0 Å². The molecular formula is C25H50N4. The smallest absolute Gasteiger partial charge is 0.0618 e. The summed E-state index contributed by atoms with van der Waals surface area (Å²) in [5.74, 6) is 2.10. The molecule has 4 N–H and O–H groups in total. The first kappa shape index (κ1) is 26.2. The van der Waals surface area contributed by atoms with E-state index in [0.29, 0.717) is 18.0 Å². The molecule has 4 heteroatoms. The van der Waals surface area contributed by atoms with Crippen LogP contribution in [-0.4, -0.2) is 43.8 Å². The van der Waals surface area contributed by atoms with Crippen molar-refractivity contribution in [3.05, 3.63) is 24.4 Å². The van der Waals surface area contributed by atoms with Crippen molar-refractivity contribution >= 4 is 0 Å². The third-order valence-electron chi connectivity index (χ3n) is 6.83. The van der Waals surface area contributed by atoms with Crippen LogP contribution in [0.5, 0.6) is 0 Å². The molecule has 2 atom stereocenters. The molecule has 0 aliphatic heterocycles. The summed E-state index contributed by atoms with van der Waals surface area (Å²) in [5, 5.41) is 7.11. The van der Waals surface area contributed by atoms with E-state index in [1.165, 1.54) is 43.5 Å². The Hall–Kier alpha value is -0.840. The summed E-state index contributed by atoms with van der Waals surface area (Å²) in [6, 6.07) is 0.166. The molecular weight excluding hydrogens is 356 g/mol. The number of nitrogens with one attached hydrogen (secondary N) is 2. The molecule has 1 fully saturated rings. The molecule has 0 saturated heterocycles. The molecule has 2 unspecified atom stereocenters. The lowest BCUT2D eigenvalue weighted by molar-refractivity contribution is 0.102. The van der Waals surface area contributed by atoms with Gasteiger partial charge in [0.25, 0.3) is 0 Å². The number of hydrogen-bond acceptors (Lipinski definition) is 4. The molecule has 0 bridgehead atoms. The monoisotopic (exact) mass is 406 g/mol. The van der Waals surface area contributed by atoms with Crippen molar-refractivity contribution in [1.82, 2.24) is 15.5 Å². The zero-order valence-electron chi connectivity index (χ0n) is 20.1. The Bertz CT molecular complexity index is 465. The molecule has 1 aliphatic rings. The molecule has 1 saturated carbocycles. The Morgan fingerprint density at radius 3 is 2.28 bits per heavy atom. The molecule has 0 radical (unpaired) electrons. The van der Waals surface area contributed by atoms with Crippen LogP contribution in [0.2, 0.25) is 0 Å². The van der Waals surface area contributed by atoms with E-state index in [4.69, 9.17) is 5.73 Å². The van der Waals surface area contributed by atoms with Crippen molar-refractivity contribution in [2.75, 3.05) is 26.7 Å². The summed E-state index contributed by atoms with van der Waals surface area (Å²) < 4.78 is 0. The van der Waals surface area contributed by atoms with Gasteiger partial charge in [-0.05, 0) is 82.7 Å². The van der Waals surface area contributed by atoms with Crippen LogP contribution >= 0.6 is 0 Å². The third kappa shape index (κ3) is 9.23. The van der Waals surface area contributed by atoms with Gasteiger partial charge < -0.3 is 16.4 Å². The van der Waals surface area contributed by atoms with Gasteiger partial charge in [0.05, 0.1) is 6.17 Å². The highest BCUT2D eigenvalue weighted by atomic mass is 15.3. The minimum absolute atomic E-state index is 0.166. The van der Waals surface area contributed by atoms with Crippen LogP contribution in [0.1, 0.15) is 79.1 Å². The predicted molar refractivity (Wildman–Crippen MR) is 129 cm³/mol. The fourth-order valence-electron chi connectivity index (χ4n) is 4.75. The van der Waals surface area contributed by atoms with Crippen LogP contribution in [0.4, 0.5) is 0 Å². The van der Waals surface area contributed by atoms with Gasteiger partial charge in [0.1, 0.15) is 0 Å². The number of allylic oxidation sites excluding steroid dienone is 1. The standard InChI is InChI=1S/C25H50N4/c1-8-20(5)24(26)12-10-11-17-28-21(6)23-15-13-22(14-16-23)18-29(9-2)25(27-7)19(3)4/h19,22-25,27-28H,5-6,8-18,26H2,1-4,7H3. The maximum Gasteiger partial charge on any atom is 0.0618 e. The van der Waals surface area contributed by atoms with E-state index in [0.717, 1.165) is 44.7 Å². The summed E-state index contributed by atoms with van der Waals surface area (Å²) in [7, 11) is 2.09. The van der Waals surface area contributed by atoms with Gasteiger partial charge in [-0.25, -0.2) is 0 Å². The van der Waals surface area contributed by atoms with Crippen LogP contribution < -0.4 is 16.4 Å². The number of nitrogens with zero attached hydrogens (tertiary/aromatic N) is 1. The maximum absolute atomic E-state index is 6.14. The molecule has 170 valence electrons. The average Bonchev–Trinajstić information content (AvgIpc) is 2.72. The Morgan fingerprint density at radius 1 is 1.10 bits per heavy atom. The van der Waals surface area contributed by atoms with E-state index in [1.807, 2.05) is 0 Å². The number of rotatable bonds is 15. The zero-order valence-corrected chi connectivity index (χ0v) is 20.1. The van der Waals surface area contributed by atoms with Gasteiger partial charge in [0.2, 0.25) is 0 Å². The van der Waals surface area contributed by atoms with Crippen molar-refractivity contribution in [2.24, 2.45) is 23.5 Å². The summed E-state index contributed by atoms with van der Waals surface area (Å²) in [5.41, 5.74) is 8.58. The van der Waals surface area contributed by atoms with Gasteiger partial charge in [0, 0.05) is 24.8 Å². The second kappa shape index (κ2) is 14.2. The van der Waals surface area contributed by atoms with E-state index in [1.54, 1.807) is 0 Å². The van der Waals surface area contributed by atoms with Crippen molar-refractivity contribution in [1.29, 1.82) is 0 Å². The molecule has 1 aliphatic carbocycles. The Balaban J connectivity index is 2.26. The number of unbranched alkanes of at least 4 members (excludes halogenated alkanes) is 1. The molecule has 0 amide bonds.